The SMILES string of the molecule is CCCCCCCCC(CCCCCCCC)CCCc1ccc(-c2ccc(-c3ccccc3)cc2)c(F)c1F. The highest BCUT2D eigenvalue weighted by Gasteiger charge is 2.16. The fraction of sp³-hybridized carbons (Fsp3) is 0.526. The second-order valence-electron chi connectivity index (χ2n) is 11.7. The zero-order valence-corrected chi connectivity index (χ0v) is 25.2. The van der Waals surface area contributed by atoms with Gasteiger partial charge in [-0.2, -0.15) is 0 Å². The normalized spacial score (nSPS) is 11.4. The Labute approximate surface area is 243 Å². The Balaban J connectivity index is 1.53. The second kappa shape index (κ2) is 18.8. The van der Waals surface area contributed by atoms with Gasteiger partial charge >= 0.3 is 0 Å². The lowest BCUT2D eigenvalue weighted by Crippen LogP contribution is -2.04. The third-order valence-electron chi connectivity index (χ3n) is 8.46. The molecule has 0 aliphatic heterocycles. The van der Waals surface area contributed by atoms with E-state index < -0.39 is 11.6 Å². The van der Waals surface area contributed by atoms with Crippen LogP contribution < -0.4 is 0 Å². The van der Waals surface area contributed by atoms with Crippen molar-refractivity contribution in [3.05, 3.63) is 83.9 Å². The molecule has 0 bridgehead atoms. The minimum Gasteiger partial charge on any atom is -0.203 e. The van der Waals surface area contributed by atoms with Crippen molar-refractivity contribution < 1.29 is 8.78 Å². The molecule has 0 aliphatic carbocycles. The topological polar surface area (TPSA) is 0 Å². The maximum Gasteiger partial charge on any atom is 0.166 e. The van der Waals surface area contributed by atoms with Crippen molar-refractivity contribution in [2.45, 2.75) is 123 Å². The van der Waals surface area contributed by atoms with Gasteiger partial charge in [0.15, 0.2) is 11.6 Å². The van der Waals surface area contributed by atoms with E-state index in [0.717, 1.165) is 24.0 Å². The van der Waals surface area contributed by atoms with Gasteiger partial charge in [0.25, 0.3) is 0 Å². The summed E-state index contributed by atoms with van der Waals surface area (Å²) < 4.78 is 30.3. The van der Waals surface area contributed by atoms with Crippen LogP contribution in [0.25, 0.3) is 22.3 Å². The molecule has 2 heteroatoms. The average molecular weight is 547 g/mol. The first kappa shape index (κ1) is 32.0. The Hall–Kier alpha value is -2.48. The van der Waals surface area contributed by atoms with E-state index in [1.807, 2.05) is 42.5 Å². The molecule has 0 saturated heterocycles. The van der Waals surface area contributed by atoms with E-state index in [2.05, 4.69) is 26.0 Å². The van der Waals surface area contributed by atoms with Gasteiger partial charge < -0.3 is 0 Å². The van der Waals surface area contributed by atoms with Crippen molar-refractivity contribution >= 4 is 0 Å². The van der Waals surface area contributed by atoms with Crippen molar-refractivity contribution in [2.75, 3.05) is 0 Å². The number of aryl methyl sites for hydroxylation is 1. The molecule has 0 saturated carbocycles. The quantitative estimate of drug-likeness (QED) is 0.124. The molecule has 0 unspecified atom stereocenters. The van der Waals surface area contributed by atoms with Crippen LogP contribution in [0.5, 0.6) is 0 Å². The van der Waals surface area contributed by atoms with E-state index in [1.54, 1.807) is 12.1 Å². The Bertz CT molecular complexity index is 1050. The summed E-state index contributed by atoms with van der Waals surface area (Å²) in [6.07, 6.45) is 21.2. The van der Waals surface area contributed by atoms with Crippen LogP contribution in [0.15, 0.2) is 66.7 Å². The molecule has 3 aromatic carbocycles. The van der Waals surface area contributed by atoms with Crippen molar-refractivity contribution in [2.24, 2.45) is 5.92 Å². The molecule has 0 fully saturated rings. The van der Waals surface area contributed by atoms with E-state index in [9.17, 15) is 0 Å². The van der Waals surface area contributed by atoms with Crippen molar-refractivity contribution in [1.29, 1.82) is 0 Å². The smallest absolute Gasteiger partial charge is 0.166 e. The van der Waals surface area contributed by atoms with E-state index in [0.29, 0.717) is 29.0 Å². The van der Waals surface area contributed by atoms with Gasteiger partial charge in [0.2, 0.25) is 0 Å². The van der Waals surface area contributed by atoms with Crippen LogP contribution in [0.3, 0.4) is 0 Å². The minimum absolute atomic E-state index is 0.338. The van der Waals surface area contributed by atoms with E-state index in [1.165, 1.54) is 89.9 Å². The Morgan fingerprint density at radius 2 is 0.975 bits per heavy atom. The lowest BCUT2D eigenvalue weighted by atomic mass is 9.89. The molecule has 0 heterocycles. The van der Waals surface area contributed by atoms with Crippen molar-refractivity contribution in [3.63, 3.8) is 0 Å². The third-order valence-corrected chi connectivity index (χ3v) is 8.46. The number of hydrogen-bond acceptors (Lipinski definition) is 0. The zero-order chi connectivity index (χ0) is 28.4. The van der Waals surface area contributed by atoms with Gasteiger partial charge in [-0.25, -0.2) is 8.78 Å². The summed E-state index contributed by atoms with van der Waals surface area (Å²) in [5.41, 5.74) is 3.74. The first-order valence-electron chi connectivity index (χ1n) is 16.3. The average Bonchev–Trinajstić information content (AvgIpc) is 2.99. The van der Waals surface area contributed by atoms with Gasteiger partial charge in [-0.05, 0) is 41.0 Å². The van der Waals surface area contributed by atoms with Crippen molar-refractivity contribution in [3.8, 4) is 22.3 Å². The standard InChI is InChI=1S/C38H52F2/c1-3-5-7-9-11-14-19-31(20-15-12-10-8-6-4-2)21-18-24-35-29-30-36(38(40)37(35)39)34-27-25-33(26-28-34)32-22-16-13-17-23-32/h13,16-17,22-23,25-31H,3-12,14-15,18-21,24H2,1-2H3. The van der Waals surface area contributed by atoms with Crippen LogP contribution in [-0.2, 0) is 6.42 Å². The summed E-state index contributed by atoms with van der Waals surface area (Å²) in [6, 6.07) is 21.4. The molecule has 0 nitrogen and oxygen atoms in total. The molecule has 0 radical (unpaired) electrons. The first-order chi connectivity index (χ1) is 19.6. The largest absolute Gasteiger partial charge is 0.203 e. The van der Waals surface area contributed by atoms with Crippen LogP contribution in [0.2, 0.25) is 0 Å². The number of rotatable bonds is 20. The predicted molar refractivity (Wildman–Crippen MR) is 170 cm³/mol. The summed E-state index contributed by atoms with van der Waals surface area (Å²) >= 11 is 0. The number of hydrogen-bond donors (Lipinski definition) is 0. The highest BCUT2D eigenvalue weighted by Crippen LogP contribution is 2.30. The van der Waals surface area contributed by atoms with Crippen LogP contribution >= 0.6 is 0 Å². The van der Waals surface area contributed by atoms with E-state index in [-0.39, 0.29) is 0 Å². The van der Waals surface area contributed by atoms with E-state index >= 15 is 8.78 Å². The van der Waals surface area contributed by atoms with Crippen LogP contribution in [0.1, 0.15) is 122 Å². The maximum absolute atomic E-state index is 15.2. The fourth-order valence-corrected chi connectivity index (χ4v) is 5.92. The van der Waals surface area contributed by atoms with Gasteiger partial charge in [0, 0.05) is 5.56 Å². The monoisotopic (exact) mass is 546 g/mol. The zero-order valence-electron chi connectivity index (χ0n) is 25.2. The van der Waals surface area contributed by atoms with Gasteiger partial charge in [0.05, 0.1) is 0 Å². The van der Waals surface area contributed by atoms with Crippen molar-refractivity contribution in [1.82, 2.24) is 0 Å². The molecule has 0 spiro atoms. The van der Waals surface area contributed by atoms with Gasteiger partial charge in [-0.1, -0.05) is 177 Å². The number of halogens is 2. The molecule has 3 rings (SSSR count). The Morgan fingerprint density at radius 1 is 0.475 bits per heavy atom. The highest BCUT2D eigenvalue weighted by atomic mass is 19.2. The molecule has 40 heavy (non-hydrogen) atoms. The Morgan fingerprint density at radius 3 is 1.57 bits per heavy atom. The van der Waals surface area contributed by atoms with Crippen LogP contribution in [-0.4, -0.2) is 0 Å². The number of unbranched alkanes of at least 4 members (excludes halogenated alkanes) is 10. The second-order valence-corrected chi connectivity index (χ2v) is 11.7. The molecular weight excluding hydrogens is 494 g/mol. The molecule has 218 valence electrons. The fourth-order valence-electron chi connectivity index (χ4n) is 5.92. The highest BCUT2D eigenvalue weighted by molar-refractivity contribution is 5.71. The summed E-state index contributed by atoms with van der Waals surface area (Å²) in [5.74, 6) is -0.679. The minimum atomic E-state index is -0.722. The van der Waals surface area contributed by atoms with Crippen LogP contribution in [0, 0.1) is 17.6 Å². The summed E-state index contributed by atoms with van der Waals surface area (Å²) in [5, 5.41) is 0. The molecule has 0 aliphatic rings. The maximum atomic E-state index is 15.2. The molecule has 0 N–H and O–H groups in total. The molecular formula is C38H52F2. The summed E-state index contributed by atoms with van der Waals surface area (Å²) in [6.45, 7) is 4.53. The number of benzene rings is 3. The van der Waals surface area contributed by atoms with Gasteiger partial charge in [0.1, 0.15) is 0 Å². The molecule has 0 aromatic heterocycles. The van der Waals surface area contributed by atoms with Gasteiger partial charge in [-0.15, -0.1) is 0 Å². The molecule has 0 atom stereocenters. The molecule has 0 amide bonds. The summed E-state index contributed by atoms with van der Waals surface area (Å²) in [4.78, 5) is 0. The Kier molecular flexibility index (Phi) is 15.1. The molecule has 3 aromatic rings. The van der Waals surface area contributed by atoms with Crippen LogP contribution in [0.4, 0.5) is 8.78 Å². The first-order valence-corrected chi connectivity index (χ1v) is 16.3. The third kappa shape index (κ3) is 10.8. The predicted octanol–water partition coefficient (Wildman–Crippen LogP) is 12.7. The van der Waals surface area contributed by atoms with Gasteiger partial charge in [-0.3, -0.25) is 0 Å². The summed E-state index contributed by atoms with van der Waals surface area (Å²) in [7, 11) is 0. The van der Waals surface area contributed by atoms with E-state index in [4.69, 9.17) is 0 Å². The lowest BCUT2D eigenvalue weighted by molar-refractivity contribution is 0.371. The lowest BCUT2D eigenvalue weighted by Gasteiger charge is -2.17.